The maximum Gasteiger partial charge on any atom is 0.343 e. The van der Waals surface area contributed by atoms with Gasteiger partial charge in [-0.25, -0.2) is 14.4 Å². The fourth-order valence-electron chi connectivity index (χ4n) is 5.68. The first-order valence-electron chi connectivity index (χ1n) is 19.8. The van der Waals surface area contributed by atoms with Crippen LogP contribution in [0.15, 0.2) is 91.0 Å². The minimum atomic E-state index is -0.823. The molecule has 0 heterocycles. The Morgan fingerprint density at radius 3 is 1.43 bits per heavy atom. The van der Waals surface area contributed by atoms with Gasteiger partial charge in [0, 0.05) is 5.56 Å². The van der Waals surface area contributed by atoms with Crippen molar-refractivity contribution in [3.05, 3.63) is 113 Å². The van der Waals surface area contributed by atoms with Crippen LogP contribution in [0.2, 0.25) is 0 Å². The standard InChI is InChI=1S/C46H54O10/c1-3-5-7-9-11-13-29-51-39-23-17-36(18-24-39)44(48)55-41-27-28-43(42(33-41)46(50)54-32-31-53-38-21-15-35(34-47)16-22-38)56-45(49)37-19-25-40(26-20-37)52-30-14-12-10-8-6-4-2/h15-28,33-34H,3-14,29-32H2,1-2H3. The van der Waals surface area contributed by atoms with Crippen molar-refractivity contribution in [2.45, 2.75) is 90.9 Å². The number of benzene rings is 4. The van der Waals surface area contributed by atoms with Crippen molar-refractivity contribution in [3.63, 3.8) is 0 Å². The molecule has 56 heavy (non-hydrogen) atoms. The molecule has 0 amide bonds. The Hall–Kier alpha value is -5.64. The van der Waals surface area contributed by atoms with E-state index >= 15 is 0 Å². The number of rotatable bonds is 26. The van der Waals surface area contributed by atoms with E-state index in [0.29, 0.717) is 36.0 Å². The lowest BCUT2D eigenvalue weighted by atomic mass is 10.1. The van der Waals surface area contributed by atoms with E-state index in [0.717, 1.165) is 32.0 Å². The van der Waals surface area contributed by atoms with Crippen LogP contribution in [-0.4, -0.2) is 50.6 Å². The van der Waals surface area contributed by atoms with Crippen LogP contribution in [0.5, 0.6) is 28.7 Å². The largest absolute Gasteiger partial charge is 0.494 e. The van der Waals surface area contributed by atoms with Gasteiger partial charge in [-0.3, -0.25) is 4.79 Å². The molecule has 0 unspecified atom stereocenters. The highest BCUT2D eigenvalue weighted by molar-refractivity contribution is 5.97. The number of ether oxygens (including phenoxy) is 6. The van der Waals surface area contributed by atoms with Crippen molar-refractivity contribution in [1.29, 1.82) is 0 Å². The van der Waals surface area contributed by atoms with Crippen LogP contribution in [0.25, 0.3) is 0 Å². The summed E-state index contributed by atoms with van der Waals surface area (Å²) >= 11 is 0. The summed E-state index contributed by atoms with van der Waals surface area (Å²) in [4.78, 5) is 50.6. The van der Waals surface area contributed by atoms with Crippen LogP contribution in [0.1, 0.15) is 132 Å². The molecule has 0 aliphatic heterocycles. The Morgan fingerprint density at radius 2 is 0.911 bits per heavy atom. The average molecular weight is 767 g/mol. The highest BCUT2D eigenvalue weighted by Crippen LogP contribution is 2.28. The second-order valence-corrected chi connectivity index (χ2v) is 13.4. The predicted molar refractivity (Wildman–Crippen MR) is 215 cm³/mol. The van der Waals surface area contributed by atoms with Crippen molar-refractivity contribution in [2.75, 3.05) is 26.4 Å². The first-order valence-corrected chi connectivity index (χ1v) is 19.8. The Balaban J connectivity index is 1.37. The van der Waals surface area contributed by atoms with Gasteiger partial charge >= 0.3 is 17.9 Å². The summed E-state index contributed by atoms with van der Waals surface area (Å²) in [6.07, 6.45) is 14.7. The molecule has 0 N–H and O–H groups in total. The second kappa shape index (κ2) is 24.7. The smallest absolute Gasteiger partial charge is 0.343 e. The molecule has 0 aliphatic rings. The van der Waals surface area contributed by atoms with Gasteiger partial charge in [-0.1, -0.05) is 78.1 Å². The van der Waals surface area contributed by atoms with Crippen LogP contribution in [-0.2, 0) is 4.74 Å². The fraction of sp³-hybridized carbons (Fsp3) is 0.391. The van der Waals surface area contributed by atoms with Crippen molar-refractivity contribution in [2.24, 2.45) is 0 Å². The Kier molecular flexibility index (Phi) is 19.0. The first kappa shape index (κ1) is 43.1. The molecule has 10 nitrogen and oxygen atoms in total. The van der Waals surface area contributed by atoms with E-state index in [1.54, 1.807) is 72.8 Å². The van der Waals surface area contributed by atoms with Gasteiger partial charge in [0.15, 0.2) is 0 Å². The van der Waals surface area contributed by atoms with Crippen molar-refractivity contribution in [3.8, 4) is 28.7 Å². The Morgan fingerprint density at radius 1 is 0.464 bits per heavy atom. The molecule has 10 heteroatoms. The SMILES string of the molecule is CCCCCCCCOc1ccc(C(=O)Oc2ccc(OC(=O)c3ccc(OCCCCCCCC)cc3)c(C(=O)OCCOc3ccc(C=O)cc3)c2)cc1. The number of hydrogen-bond acceptors (Lipinski definition) is 10. The lowest BCUT2D eigenvalue weighted by molar-refractivity contribution is 0.0443. The molecule has 0 radical (unpaired) electrons. The Labute approximate surface area is 330 Å². The van der Waals surface area contributed by atoms with Gasteiger partial charge < -0.3 is 28.4 Å². The summed E-state index contributed by atoms with van der Waals surface area (Å²) in [5.41, 5.74) is 0.912. The van der Waals surface area contributed by atoms with Crippen LogP contribution < -0.4 is 23.7 Å². The van der Waals surface area contributed by atoms with Crippen LogP contribution in [0.4, 0.5) is 0 Å². The highest BCUT2D eigenvalue weighted by atomic mass is 16.6. The molecule has 0 fully saturated rings. The number of carbonyl (C=O) groups excluding carboxylic acids is 4. The van der Waals surface area contributed by atoms with Crippen molar-refractivity contribution >= 4 is 24.2 Å². The third-order valence-electron chi connectivity index (χ3n) is 8.90. The normalized spacial score (nSPS) is 10.7. The Bertz CT molecular complexity index is 1780. The van der Waals surface area contributed by atoms with Crippen LogP contribution in [0.3, 0.4) is 0 Å². The van der Waals surface area contributed by atoms with Crippen molar-refractivity contribution < 1.29 is 47.6 Å². The summed E-state index contributed by atoms with van der Waals surface area (Å²) in [6, 6.07) is 23.8. The quantitative estimate of drug-likeness (QED) is 0.0264. The van der Waals surface area contributed by atoms with Crippen molar-refractivity contribution in [1.82, 2.24) is 0 Å². The fourth-order valence-corrected chi connectivity index (χ4v) is 5.68. The van der Waals surface area contributed by atoms with Gasteiger partial charge in [-0.2, -0.15) is 0 Å². The molecule has 0 bridgehead atoms. The lowest BCUT2D eigenvalue weighted by Crippen LogP contribution is -2.16. The molecule has 298 valence electrons. The topological polar surface area (TPSA) is 124 Å². The molecule has 0 aromatic heterocycles. The van der Waals surface area contributed by atoms with E-state index in [-0.39, 0.29) is 41.4 Å². The molecular formula is C46H54O10. The van der Waals surface area contributed by atoms with Gasteiger partial charge in [-0.15, -0.1) is 0 Å². The number of hydrogen-bond donors (Lipinski definition) is 0. The minimum Gasteiger partial charge on any atom is -0.494 e. The van der Waals surface area contributed by atoms with Gasteiger partial charge in [0.2, 0.25) is 0 Å². The summed E-state index contributed by atoms with van der Waals surface area (Å²) in [5, 5.41) is 0. The molecule has 0 aliphatic carbocycles. The maximum atomic E-state index is 13.4. The molecular weight excluding hydrogens is 712 g/mol. The summed E-state index contributed by atoms with van der Waals surface area (Å²) in [6.45, 7) is 5.46. The third-order valence-corrected chi connectivity index (χ3v) is 8.90. The summed E-state index contributed by atoms with van der Waals surface area (Å²) in [5.74, 6) is -0.422. The third kappa shape index (κ3) is 15.2. The molecule has 4 rings (SSSR count). The van der Waals surface area contributed by atoms with E-state index in [1.165, 1.54) is 69.6 Å². The highest BCUT2D eigenvalue weighted by Gasteiger charge is 2.21. The van der Waals surface area contributed by atoms with E-state index < -0.39 is 17.9 Å². The monoisotopic (exact) mass is 766 g/mol. The zero-order chi connectivity index (χ0) is 39.8. The summed E-state index contributed by atoms with van der Waals surface area (Å²) < 4.78 is 34.0. The number of carbonyl (C=O) groups is 4. The van der Waals surface area contributed by atoms with Gasteiger partial charge in [-0.05, 0) is 104 Å². The first-order chi connectivity index (χ1) is 27.4. The van der Waals surface area contributed by atoms with Gasteiger partial charge in [0.25, 0.3) is 0 Å². The van der Waals surface area contributed by atoms with E-state index in [4.69, 9.17) is 28.4 Å². The zero-order valence-corrected chi connectivity index (χ0v) is 32.6. The number of esters is 3. The molecule has 0 saturated heterocycles. The number of aldehydes is 1. The van der Waals surface area contributed by atoms with Crippen LogP contribution in [0, 0.1) is 0 Å². The van der Waals surface area contributed by atoms with E-state index in [2.05, 4.69) is 13.8 Å². The molecule has 0 spiro atoms. The molecule has 0 atom stereocenters. The minimum absolute atomic E-state index is 0.0158. The van der Waals surface area contributed by atoms with E-state index in [1.807, 2.05) is 0 Å². The van der Waals surface area contributed by atoms with Gasteiger partial charge in [0.1, 0.15) is 53.8 Å². The van der Waals surface area contributed by atoms with E-state index in [9.17, 15) is 19.2 Å². The lowest BCUT2D eigenvalue weighted by Gasteiger charge is -2.13. The second-order valence-electron chi connectivity index (χ2n) is 13.4. The molecule has 0 saturated carbocycles. The average Bonchev–Trinajstić information content (AvgIpc) is 3.22. The summed E-state index contributed by atoms with van der Waals surface area (Å²) in [7, 11) is 0. The maximum absolute atomic E-state index is 13.4. The van der Waals surface area contributed by atoms with Crippen LogP contribution >= 0.6 is 0 Å². The molecule has 4 aromatic rings. The molecule has 4 aromatic carbocycles. The van der Waals surface area contributed by atoms with Gasteiger partial charge in [0.05, 0.1) is 24.3 Å². The predicted octanol–water partition coefficient (Wildman–Crippen LogP) is 10.7. The number of unbranched alkanes of at least 4 members (excludes halogenated alkanes) is 10. The zero-order valence-electron chi connectivity index (χ0n) is 32.6.